The lowest BCUT2D eigenvalue weighted by Crippen LogP contribution is -2.01. The van der Waals surface area contributed by atoms with Gasteiger partial charge in [0.2, 0.25) is 0 Å². The van der Waals surface area contributed by atoms with Gasteiger partial charge in [-0.05, 0) is 42.8 Å². The highest BCUT2D eigenvalue weighted by Crippen LogP contribution is 2.29. The maximum Gasteiger partial charge on any atom is 0.292 e. The molecule has 0 bridgehead atoms. The largest absolute Gasteiger partial charge is 0.491 e. The summed E-state index contributed by atoms with van der Waals surface area (Å²) in [6.07, 6.45) is 0. The average Bonchev–Trinajstić information content (AvgIpc) is 2.48. The van der Waals surface area contributed by atoms with Crippen molar-refractivity contribution in [2.75, 3.05) is 18.5 Å². The maximum absolute atomic E-state index is 11.1. The van der Waals surface area contributed by atoms with Gasteiger partial charge in [0.25, 0.3) is 5.69 Å². The van der Waals surface area contributed by atoms with Crippen molar-refractivity contribution in [2.24, 2.45) is 0 Å². The van der Waals surface area contributed by atoms with E-state index in [4.69, 9.17) is 9.84 Å². The van der Waals surface area contributed by atoms with E-state index in [0.717, 1.165) is 11.3 Å². The van der Waals surface area contributed by atoms with Crippen LogP contribution in [0, 0.1) is 17.0 Å². The predicted octanol–water partition coefficient (Wildman–Crippen LogP) is 3.02. The fourth-order valence-corrected chi connectivity index (χ4v) is 1.85. The van der Waals surface area contributed by atoms with Crippen molar-refractivity contribution in [3.8, 4) is 5.75 Å². The van der Waals surface area contributed by atoms with Crippen LogP contribution in [0.15, 0.2) is 42.5 Å². The molecule has 0 unspecified atom stereocenters. The SMILES string of the molecule is Cc1ccc(Nc2ccc(OCCO)cc2)c([N+](=O)[O-])c1. The summed E-state index contributed by atoms with van der Waals surface area (Å²) in [4.78, 5) is 10.6. The van der Waals surface area contributed by atoms with Gasteiger partial charge < -0.3 is 15.2 Å². The molecule has 0 aliphatic rings. The minimum absolute atomic E-state index is 0.0376. The Labute approximate surface area is 122 Å². The number of aliphatic hydroxyl groups excluding tert-OH is 1. The zero-order chi connectivity index (χ0) is 15.2. The lowest BCUT2D eigenvalue weighted by molar-refractivity contribution is -0.384. The van der Waals surface area contributed by atoms with E-state index < -0.39 is 4.92 Å². The molecule has 0 atom stereocenters. The Balaban J connectivity index is 2.16. The van der Waals surface area contributed by atoms with E-state index in [9.17, 15) is 10.1 Å². The number of hydrogen-bond acceptors (Lipinski definition) is 5. The van der Waals surface area contributed by atoms with Gasteiger partial charge in [0, 0.05) is 11.8 Å². The molecule has 2 rings (SSSR count). The van der Waals surface area contributed by atoms with Gasteiger partial charge in [-0.1, -0.05) is 6.07 Å². The smallest absolute Gasteiger partial charge is 0.292 e. The summed E-state index contributed by atoms with van der Waals surface area (Å²) < 4.78 is 5.25. The third kappa shape index (κ3) is 3.93. The first-order chi connectivity index (χ1) is 10.1. The number of nitrogens with zero attached hydrogens (tertiary/aromatic N) is 1. The molecule has 0 aliphatic carbocycles. The standard InChI is InChI=1S/C15H16N2O4/c1-11-2-7-14(15(10-11)17(19)20)16-12-3-5-13(6-4-12)21-9-8-18/h2-7,10,16,18H,8-9H2,1H3. The van der Waals surface area contributed by atoms with Gasteiger partial charge in [0.05, 0.1) is 11.5 Å². The number of anilines is 2. The van der Waals surface area contributed by atoms with Gasteiger partial charge >= 0.3 is 0 Å². The summed E-state index contributed by atoms with van der Waals surface area (Å²) in [7, 11) is 0. The van der Waals surface area contributed by atoms with E-state index in [1.807, 2.05) is 13.0 Å². The Morgan fingerprint density at radius 1 is 1.24 bits per heavy atom. The number of ether oxygens (including phenoxy) is 1. The molecule has 2 aromatic rings. The van der Waals surface area contributed by atoms with Crippen LogP contribution in [0.5, 0.6) is 5.75 Å². The van der Waals surface area contributed by atoms with Gasteiger partial charge in [-0.25, -0.2) is 0 Å². The van der Waals surface area contributed by atoms with Crippen molar-refractivity contribution in [2.45, 2.75) is 6.92 Å². The number of aryl methyl sites for hydroxylation is 1. The van der Waals surface area contributed by atoms with Crippen LogP contribution in [0.4, 0.5) is 17.1 Å². The number of nitrogens with one attached hydrogen (secondary N) is 1. The number of hydrogen-bond donors (Lipinski definition) is 2. The van der Waals surface area contributed by atoms with Crippen molar-refractivity contribution in [3.63, 3.8) is 0 Å². The van der Waals surface area contributed by atoms with Crippen LogP contribution < -0.4 is 10.1 Å². The topological polar surface area (TPSA) is 84.6 Å². The number of rotatable bonds is 6. The molecule has 0 spiro atoms. The zero-order valence-corrected chi connectivity index (χ0v) is 11.6. The van der Waals surface area contributed by atoms with E-state index in [1.54, 1.807) is 30.3 Å². The molecular weight excluding hydrogens is 272 g/mol. The third-order valence-corrected chi connectivity index (χ3v) is 2.84. The first kappa shape index (κ1) is 14.8. The number of nitro benzene ring substituents is 1. The van der Waals surface area contributed by atoms with Crippen LogP contribution in [0.2, 0.25) is 0 Å². The molecule has 2 N–H and O–H groups in total. The molecule has 0 aromatic heterocycles. The Morgan fingerprint density at radius 2 is 1.95 bits per heavy atom. The summed E-state index contributed by atoms with van der Waals surface area (Å²) in [6, 6.07) is 12.0. The molecule has 0 aliphatic heterocycles. The highest BCUT2D eigenvalue weighted by atomic mass is 16.6. The van der Waals surface area contributed by atoms with Gasteiger partial charge in [0.15, 0.2) is 0 Å². The van der Waals surface area contributed by atoms with Crippen LogP contribution in [-0.2, 0) is 0 Å². The van der Waals surface area contributed by atoms with E-state index in [2.05, 4.69) is 5.32 Å². The van der Waals surface area contributed by atoms with Crippen LogP contribution in [-0.4, -0.2) is 23.2 Å². The first-order valence-corrected chi connectivity index (χ1v) is 6.46. The summed E-state index contributed by atoms with van der Waals surface area (Å²) in [5.74, 6) is 0.632. The fraction of sp³-hybridized carbons (Fsp3) is 0.200. The molecule has 6 heteroatoms. The molecule has 0 saturated heterocycles. The third-order valence-electron chi connectivity index (χ3n) is 2.84. The number of benzene rings is 2. The van der Waals surface area contributed by atoms with Crippen LogP contribution in [0.3, 0.4) is 0 Å². The van der Waals surface area contributed by atoms with E-state index >= 15 is 0 Å². The number of nitro groups is 1. The Morgan fingerprint density at radius 3 is 2.57 bits per heavy atom. The highest BCUT2D eigenvalue weighted by molar-refractivity contribution is 5.70. The Kier molecular flexibility index (Phi) is 4.73. The molecule has 0 radical (unpaired) electrons. The second kappa shape index (κ2) is 6.71. The second-order valence-electron chi connectivity index (χ2n) is 4.50. The summed E-state index contributed by atoms with van der Waals surface area (Å²) in [5, 5.41) is 22.8. The summed E-state index contributed by atoms with van der Waals surface area (Å²) in [6.45, 7) is 2.00. The molecule has 0 amide bonds. The minimum atomic E-state index is -0.409. The predicted molar refractivity (Wildman–Crippen MR) is 80.1 cm³/mol. The molecular formula is C15H16N2O4. The molecule has 0 heterocycles. The van der Waals surface area contributed by atoms with Crippen molar-refractivity contribution >= 4 is 17.1 Å². The Bertz CT molecular complexity index is 626. The first-order valence-electron chi connectivity index (χ1n) is 6.46. The summed E-state index contributed by atoms with van der Waals surface area (Å²) >= 11 is 0. The van der Waals surface area contributed by atoms with E-state index in [0.29, 0.717) is 11.4 Å². The van der Waals surface area contributed by atoms with Crippen LogP contribution in [0.1, 0.15) is 5.56 Å². The molecule has 0 saturated carbocycles. The van der Waals surface area contributed by atoms with Gasteiger partial charge in [-0.2, -0.15) is 0 Å². The molecule has 110 valence electrons. The van der Waals surface area contributed by atoms with Crippen molar-refractivity contribution in [1.82, 2.24) is 0 Å². The molecule has 0 fully saturated rings. The lowest BCUT2D eigenvalue weighted by atomic mass is 10.2. The van der Waals surface area contributed by atoms with Crippen molar-refractivity contribution in [1.29, 1.82) is 0 Å². The minimum Gasteiger partial charge on any atom is -0.491 e. The normalized spacial score (nSPS) is 10.2. The van der Waals surface area contributed by atoms with Gasteiger partial charge in [0.1, 0.15) is 18.0 Å². The quantitative estimate of drug-likeness (QED) is 0.630. The Hall–Kier alpha value is -2.60. The van der Waals surface area contributed by atoms with Gasteiger partial charge in [-0.3, -0.25) is 10.1 Å². The van der Waals surface area contributed by atoms with Crippen LogP contribution in [0.25, 0.3) is 0 Å². The molecule has 2 aromatic carbocycles. The van der Waals surface area contributed by atoms with Gasteiger partial charge in [-0.15, -0.1) is 0 Å². The van der Waals surface area contributed by atoms with Crippen molar-refractivity contribution in [3.05, 3.63) is 58.1 Å². The molecule has 21 heavy (non-hydrogen) atoms. The number of aliphatic hydroxyl groups is 1. The lowest BCUT2D eigenvalue weighted by Gasteiger charge is -2.09. The second-order valence-corrected chi connectivity index (χ2v) is 4.50. The maximum atomic E-state index is 11.1. The fourth-order valence-electron chi connectivity index (χ4n) is 1.85. The van der Waals surface area contributed by atoms with Crippen LogP contribution >= 0.6 is 0 Å². The summed E-state index contributed by atoms with van der Waals surface area (Å²) in [5.41, 5.74) is 2.03. The monoisotopic (exact) mass is 288 g/mol. The highest BCUT2D eigenvalue weighted by Gasteiger charge is 2.13. The zero-order valence-electron chi connectivity index (χ0n) is 11.6. The average molecular weight is 288 g/mol. The molecule has 6 nitrogen and oxygen atoms in total. The van der Waals surface area contributed by atoms with E-state index in [1.165, 1.54) is 6.07 Å². The van der Waals surface area contributed by atoms with Crippen molar-refractivity contribution < 1.29 is 14.8 Å². The van der Waals surface area contributed by atoms with E-state index in [-0.39, 0.29) is 18.9 Å².